The first-order valence-corrected chi connectivity index (χ1v) is 11.6. The second-order valence-corrected chi connectivity index (χ2v) is 10.6. The third-order valence-corrected chi connectivity index (χ3v) is 7.82. The van der Waals surface area contributed by atoms with Crippen LogP contribution in [0, 0.1) is 22.7 Å². The van der Waals surface area contributed by atoms with E-state index in [0.717, 1.165) is 25.7 Å². The average molecular weight is 453 g/mol. The van der Waals surface area contributed by atoms with E-state index in [0.29, 0.717) is 17.9 Å². The average Bonchev–Trinajstić information content (AvgIpc) is 2.67. The molecule has 2 aliphatic rings. The van der Waals surface area contributed by atoms with Gasteiger partial charge in [0, 0.05) is 19.4 Å². The van der Waals surface area contributed by atoms with Gasteiger partial charge in [0.1, 0.15) is 12.2 Å². The van der Waals surface area contributed by atoms with Gasteiger partial charge in [-0.2, -0.15) is 0 Å². The van der Waals surface area contributed by atoms with Crippen LogP contribution in [-0.2, 0) is 28.6 Å². The summed E-state index contributed by atoms with van der Waals surface area (Å²) in [6.45, 7) is 10.7. The van der Waals surface area contributed by atoms with Crippen LogP contribution in [-0.4, -0.2) is 48.4 Å². The van der Waals surface area contributed by atoms with Gasteiger partial charge in [0.05, 0.1) is 7.11 Å². The molecule has 1 fully saturated rings. The van der Waals surface area contributed by atoms with Gasteiger partial charge in [0.25, 0.3) is 0 Å². The molecule has 0 amide bonds. The third kappa shape index (κ3) is 5.72. The van der Waals surface area contributed by atoms with E-state index < -0.39 is 23.6 Å². The van der Waals surface area contributed by atoms with E-state index in [2.05, 4.69) is 20.8 Å². The zero-order valence-corrected chi connectivity index (χ0v) is 20.7. The van der Waals surface area contributed by atoms with Crippen molar-refractivity contribution in [1.29, 1.82) is 0 Å². The molecule has 0 spiro atoms. The van der Waals surface area contributed by atoms with Crippen LogP contribution in [0.15, 0.2) is 11.6 Å². The van der Waals surface area contributed by atoms with E-state index in [4.69, 9.17) is 14.2 Å². The van der Waals surface area contributed by atoms with Gasteiger partial charge in [-0.1, -0.05) is 33.3 Å². The predicted molar refractivity (Wildman–Crippen MR) is 119 cm³/mol. The number of aliphatic hydroxyl groups is 1. The molecule has 1 saturated carbocycles. The minimum atomic E-state index is -1.43. The second-order valence-electron chi connectivity index (χ2n) is 10.6. The van der Waals surface area contributed by atoms with E-state index in [1.54, 1.807) is 6.92 Å². The Bertz CT molecular complexity index is 751. The van der Waals surface area contributed by atoms with Gasteiger partial charge in [0.15, 0.2) is 6.10 Å². The van der Waals surface area contributed by atoms with Gasteiger partial charge in [-0.25, -0.2) is 4.79 Å². The minimum absolute atomic E-state index is 0.0912. The Hall–Kier alpha value is -1.89. The summed E-state index contributed by atoms with van der Waals surface area (Å²) in [7, 11) is 1.39. The fraction of sp³-hybridized carbons (Fsp3) is 0.800. The van der Waals surface area contributed by atoms with Crippen molar-refractivity contribution in [2.24, 2.45) is 22.7 Å². The molecule has 182 valence electrons. The molecule has 0 saturated heterocycles. The normalized spacial score (nSPS) is 29.6. The summed E-state index contributed by atoms with van der Waals surface area (Å²) >= 11 is 0. The number of rotatable bonds is 8. The lowest BCUT2D eigenvalue weighted by atomic mass is 9.48. The molecule has 2 rings (SSSR count). The Balaban J connectivity index is 2.31. The number of carbonyl (C=O) groups is 3. The predicted octanol–water partition coefficient (Wildman–Crippen LogP) is 3.96. The molecule has 0 heterocycles. The van der Waals surface area contributed by atoms with Crippen LogP contribution < -0.4 is 0 Å². The van der Waals surface area contributed by atoms with E-state index >= 15 is 0 Å². The standard InChI is InChI=1S/C25H40O7/c1-16(26)31-15-21(32-17(2)27)25(6,29)14-11-19-18(22(28)30-7)9-10-20-23(3,4)12-8-13-24(19,20)5/h9,19-21,29H,8,10-15H2,1-7H3. The zero-order chi connectivity index (χ0) is 24.3. The van der Waals surface area contributed by atoms with Crippen LogP contribution in [0.5, 0.6) is 0 Å². The lowest BCUT2D eigenvalue weighted by molar-refractivity contribution is -0.175. The van der Waals surface area contributed by atoms with Gasteiger partial charge in [-0.15, -0.1) is 0 Å². The van der Waals surface area contributed by atoms with Crippen LogP contribution in [0.4, 0.5) is 0 Å². The molecule has 2 aliphatic carbocycles. The molecule has 0 aliphatic heterocycles. The highest BCUT2D eigenvalue weighted by Gasteiger charge is 2.54. The van der Waals surface area contributed by atoms with Crippen molar-refractivity contribution in [1.82, 2.24) is 0 Å². The van der Waals surface area contributed by atoms with E-state index in [9.17, 15) is 19.5 Å². The lowest BCUT2D eigenvalue weighted by Crippen LogP contribution is -2.51. The lowest BCUT2D eigenvalue weighted by Gasteiger charge is -2.57. The van der Waals surface area contributed by atoms with Crippen molar-refractivity contribution in [3.63, 3.8) is 0 Å². The fourth-order valence-electron chi connectivity index (χ4n) is 6.07. The number of methoxy groups -OCH3 is 1. The van der Waals surface area contributed by atoms with E-state index in [1.165, 1.54) is 21.0 Å². The Morgan fingerprint density at radius 2 is 1.84 bits per heavy atom. The molecule has 7 heteroatoms. The van der Waals surface area contributed by atoms with Gasteiger partial charge in [0.2, 0.25) is 0 Å². The quantitative estimate of drug-likeness (QED) is 0.439. The monoisotopic (exact) mass is 452 g/mol. The summed E-state index contributed by atoms with van der Waals surface area (Å²) in [5.74, 6) is -1.07. The molecule has 5 atom stereocenters. The number of esters is 3. The third-order valence-electron chi connectivity index (χ3n) is 7.82. The van der Waals surface area contributed by atoms with Crippen molar-refractivity contribution in [2.45, 2.75) is 91.8 Å². The van der Waals surface area contributed by atoms with Gasteiger partial charge >= 0.3 is 17.9 Å². The molecule has 32 heavy (non-hydrogen) atoms. The molecule has 0 bridgehead atoms. The van der Waals surface area contributed by atoms with E-state index in [1.807, 2.05) is 6.08 Å². The Morgan fingerprint density at radius 3 is 2.41 bits per heavy atom. The van der Waals surface area contributed by atoms with Crippen molar-refractivity contribution < 1.29 is 33.7 Å². The van der Waals surface area contributed by atoms with E-state index in [-0.39, 0.29) is 35.7 Å². The molecular weight excluding hydrogens is 412 g/mol. The topological polar surface area (TPSA) is 99.1 Å². The SMILES string of the molecule is COC(=O)C1=CCC2C(C)(C)CCCC2(C)C1CCC(C)(O)C(COC(C)=O)OC(C)=O. The summed E-state index contributed by atoms with van der Waals surface area (Å²) < 4.78 is 15.4. The van der Waals surface area contributed by atoms with Crippen LogP contribution in [0.2, 0.25) is 0 Å². The maximum Gasteiger partial charge on any atom is 0.333 e. The first-order chi connectivity index (χ1) is 14.7. The fourth-order valence-corrected chi connectivity index (χ4v) is 6.07. The molecular formula is C25H40O7. The summed E-state index contributed by atoms with van der Waals surface area (Å²) in [4.78, 5) is 35.5. The first-order valence-electron chi connectivity index (χ1n) is 11.6. The molecule has 7 nitrogen and oxygen atoms in total. The summed E-state index contributed by atoms with van der Waals surface area (Å²) in [5.41, 5.74) is -0.718. The smallest absolute Gasteiger partial charge is 0.333 e. The molecule has 0 aromatic rings. The number of fused-ring (bicyclic) bond motifs is 1. The number of hydrogen-bond donors (Lipinski definition) is 1. The first kappa shape index (κ1) is 26.4. The van der Waals surface area contributed by atoms with Crippen molar-refractivity contribution in [2.75, 3.05) is 13.7 Å². The van der Waals surface area contributed by atoms with Gasteiger partial charge < -0.3 is 19.3 Å². The summed E-state index contributed by atoms with van der Waals surface area (Å²) in [6.07, 6.45) is 5.90. The highest BCUT2D eigenvalue weighted by molar-refractivity contribution is 5.89. The maximum atomic E-state index is 12.7. The largest absolute Gasteiger partial charge is 0.466 e. The van der Waals surface area contributed by atoms with Crippen LogP contribution in [0.3, 0.4) is 0 Å². The molecule has 1 N–H and O–H groups in total. The van der Waals surface area contributed by atoms with Crippen LogP contribution >= 0.6 is 0 Å². The Labute approximate surface area is 191 Å². The summed E-state index contributed by atoms with van der Waals surface area (Å²) in [5, 5.41) is 11.2. The van der Waals surface area contributed by atoms with Crippen molar-refractivity contribution in [3.8, 4) is 0 Å². The number of ether oxygens (including phenoxy) is 3. The highest BCUT2D eigenvalue weighted by atomic mass is 16.6. The number of hydrogen-bond acceptors (Lipinski definition) is 7. The molecule has 0 aromatic heterocycles. The number of allylic oxidation sites excluding steroid dienone is 1. The summed E-state index contributed by atoms with van der Waals surface area (Å²) in [6, 6.07) is 0. The minimum Gasteiger partial charge on any atom is -0.466 e. The Morgan fingerprint density at radius 1 is 1.19 bits per heavy atom. The highest BCUT2D eigenvalue weighted by Crippen LogP contribution is 2.60. The van der Waals surface area contributed by atoms with Gasteiger partial charge in [-0.05, 0) is 61.7 Å². The molecule has 5 unspecified atom stereocenters. The van der Waals surface area contributed by atoms with Crippen molar-refractivity contribution >= 4 is 17.9 Å². The maximum absolute atomic E-state index is 12.7. The zero-order valence-electron chi connectivity index (χ0n) is 20.7. The second kappa shape index (κ2) is 9.94. The number of carbonyl (C=O) groups excluding carboxylic acids is 3. The molecule has 0 radical (unpaired) electrons. The van der Waals surface area contributed by atoms with Crippen LogP contribution in [0.25, 0.3) is 0 Å². The Kier molecular flexibility index (Phi) is 8.19. The van der Waals surface area contributed by atoms with Crippen LogP contribution in [0.1, 0.15) is 80.1 Å². The van der Waals surface area contributed by atoms with Crippen molar-refractivity contribution in [3.05, 3.63) is 11.6 Å². The molecule has 0 aromatic carbocycles. The van der Waals surface area contributed by atoms with Gasteiger partial charge in [-0.3, -0.25) is 9.59 Å².